The van der Waals surface area contributed by atoms with E-state index in [1.54, 1.807) is 11.1 Å². The third-order valence-corrected chi connectivity index (χ3v) is 9.68. The molecular weight excluding hydrogens is 336 g/mol. The molecule has 2 saturated carbocycles. The van der Waals surface area contributed by atoms with Crippen LogP contribution in [0.1, 0.15) is 64.2 Å². The van der Waals surface area contributed by atoms with Crippen molar-refractivity contribution < 1.29 is 5.11 Å². The van der Waals surface area contributed by atoms with Gasteiger partial charge in [0, 0.05) is 4.88 Å². The van der Waals surface area contributed by atoms with Crippen LogP contribution in [0.3, 0.4) is 0 Å². The molecule has 4 aliphatic carbocycles. The Labute approximate surface area is 162 Å². The highest BCUT2D eigenvalue weighted by Crippen LogP contribution is 2.67. The highest BCUT2D eigenvalue weighted by atomic mass is 32.1. The molecule has 0 unspecified atom stereocenters. The molecule has 0 radical (unpaired) electrons. The fraction of sp³-hybridized carbons (Fsp3) is 0.667. The van der Waals surface area contributed by atoms with E-state index in [1.165, 1.54) is 30.6 Å². The molecule has 0 aliphatic heterocycles. The molecular formula is C24H32OS. The van der Waals surface area contributed by atoms with E-state index in [4.69, 9.17) is 0 Å². The molecule has 5 rings (SSSR count). The Morgan fingerprint density at radius 2 is 1.92 bits per heavy atom. The standard InChI is InChI=1S/C24H32OS/c1-15-13-16-14-17(25)8-10-23(16,2)20-9-11-24(3)18(21-5-4-12-26-21)6-7-19(24)22(15)20/h4-6,12-13,15,17,19-20,22,25H,7-11,14H2,1-3H3/t15-,17+,19+,20+,22+,23+,24-/m1/s1. The SMILES string of the molecule is C[C@@H]1C=C2C[C@@H](O)CC[C@]2(C)[C@H]2CC[C@]3(C)C(c4cccs4)=CC[C@H]3[C@H]12. The minimum absolute atomic E-state index is 0.106. The average molecular weight is 369 g/mol. The number of aliphatic hydroxyl groups excluding tert-OH is 1. The van der Waals surface area contributed by atoms with E-state index in [2.05, 4.69) is 50.4 Å². The van der Waals surface area contributed by atoms with Crippen LogP contribution in [0.4, 0.5) is 0 Å². The van der Waals surface area contributed by atoms with Gasteiger partial charge < -0.3 is 5.11 Å². The van der Waals surface area contributed by atoms with Crippen molar-refractivity contribution in [3.05, 3.63) is 40.1 Å². The highest BCUT2D eigenvalue weighted by Gasteiger charge is 2.58. The van der Waals surface area contributed by atoms with Crippen LogP contribution >= 0.6 is 11.3 Å². The molecule has 2 fully saturated rings. The molecule has 1 aromatic rings. The van der Waals surface area contributed by atoms with Gasteiger partial charge in [0.05, 0.1) is 6.10 Å². The monoisotopic (exact) mass is 368 g/mol. The average Bonchev–Trinajstić information content (AvgIpc) is 3.23. The number of fused-ring (bicyclic) bond motifs is 5. The third kappa shape index (κ3) is 2.24. The van der Waals surface area contributed by atoms with Gasteiger partial charge in [-0.15, -0.1) is 11.3 Å². The lowest BCUT2D eigenvalue weighted by atomic mass is 9.45. The summed E-state index contributed by atoms with van der Waals surface area (Å²) in [6.07, 6.45) is 12.1. The number of hydrogen-bond donors (Lipinski definition) is 1. The molecule has 0 spiro atoms. The fourth-order valence-electron chi connectivity index (χ4n) is 7.38. The van der Waals surface area contributed by atoms with Gasteiger partial charge in [0.2, 0.25) is 0 Å². The predicted molar refractivity (Wildman–Crippen MR) is 110 cm³/mol. The first-order valence-electron chi connectivity index (χ1n) is 10.6. The summed E-state index contributed by atoms with van der Waals surface area (Å²) in [5.74, 6) is 3.04. The van der Waals surface area contributed by atoms with Crippen LogP contribution in [0.5, 0.6) is 0 Å². The van der Waals surface area contributed by atoms with E-state index in [0.717, 1.165) is 30.6 Å². The molecule has 0 amide bonds. The van der Waals surface area contributed by atoms with Crippen molar-refractivity contribution in [1.82, 2.24) is 0 Å². The molecule has 4 aliphatic rings. The minimum Gasteiger partial charge on any atom is -0.393 e. The molecule has 1 aromatic heterocycles. The Bertz CT molecular complexity index is 759. The van der Waals surface area contributed by atoms with Gasteiger partial charge in [-0.05, 0) is 90.0 Å². The summed E-state index contributed by atoms with van der Waals surface area (Å²) >= 11 is 1.91. The summed E-state index contributed by atoms with van der Waals surface area (Å²) in [7, 11) is 0. The molecule has 1 N–H and O–H groups in total. The first-order valence-corrected chi connectivity index (χ1v) is 11.5. The lowest BCUT2D eigenvalue weighted by molar-refractivity contribution is -0.0425. The van der Waals surface area contributed by atoms with E-state index < -0.39 is 0 Å². The van der Waals surface area contributed by atoms with Crippen LogP contribution in [-0.2, 0) is 0 Å². The van der Waals surface area contributed by atoms with Crippen LogP contribution in [0, 0.1) is 34.5 Å². The fourth-order valence-corrected chi connectivity index (χ4v) is 8.29. The summed E-state index contributed by atoms with van der Waals surface area (Å²) in [6, 6.07) is 4.53. The van der Waals surface area contributed by atoms with Crippen LogP contribution < -0.4 is 0 Å². The van der Waals surface area contributed by atoms with Gasteiger partial charge in [0.15, 0.2) is 0 Å². The summed E-state index contributed by atoms with van der Waals surface area (Å²) in [4.78, 5) is 1.50. The van der Waals surface area contributed by atoms with E-state index in [0.29, 0.717) is 16.7 Å². The Hall–Kier alpha value is -0.860. The van der Waals surface area contributed by atoms with Gasteiger partial charge in [-0.1, -0.05) is 44.6 Å². The lowest BCUT2D eigenvalue weighted by Gasteiger charge is -2.59. The first kappa shape index (κ1) is 17.3. The second-order valence-corrected chi connectivity index (χ2v) is 10.9. The Balaban J connectivity index is 1.52. The van der Waals surface area contributed by atoms with Crippen LogP contribution in [-0.4, -0.2) is 11.2 Å². The first-order chi connectivity index (χ1) is 12.4. The van der Waals surface area contributed by atoms with E-state index in [-0.39, 0.29) is 6.10 Å². The van der Waals surface area contributed by atoms with Crippen LogP contribution in [0.25, 0.3) is 5.57 Å². The number of aliphatic hydroxyl groups is 1. The largest absolute Gasteiger partial charge is 0.393 e. The number of thiophene rings is 1. The van der Waals surface area contributed by atoms with Crippen molar-refractivity contribution >= 4 is 16.9 Å². The molecule has 0 aromatic carbocycles. The second kappa shape index (κ2) is 5.82. The zero-order chi connectivity index (χ0) is 18.1. The Morgan fingerprint density at radius 1 is 1.12 bits per heavy atom. The van der Waals surface area contributed by atoms with E-state index >= 15 is 0 Å². The van der Waals surface area contributed by atoms with Crippen molar-refractivity contribution in [3.63, 3.8) is 0 Å². The summed E-state index contributed by atoms with van der Waals surface area (Å²) in [6.45, 7) is 7.55. The molecule has 1 heterocycles. The lowest BCUT2D eigenvalue weighted by Crippen LogP contribution is -2.52. The van der Waals surface area contributed by atoms with E-state index in [1.807, 2.05) is 11.3 Å². The molecule has 2 heteroatoms. The highest BCUT2D eigenvalue weighted by molar-refractivity contribution is 7.11. The molecule has 7 atom stereocenters. The normalized spacial score (nSPS) is 47.5. The summed E-state index contributed by atoms with van der Waals surface area (Å²) in [5, 5.41) is 12.5. The maximum Gasteiger partial charge on any atom is 0.0577 e. The van der Waals surface area contributed by atoms with Gasteiger partial charge in [0.25, 0.3) is 0 Å². The maximum absolute atomic E-state index is 10.2. The zero-order valence-corrected chi connectivity index (χ0v) is 17.2. The molecule has 140 valence electrons. The predicted octanol–water partition coefficient (Wildman–Crippen LogP) is 6.31. The van der Waals surface area contributed by atoms with Crippen LogP contribution in [0.2, 0.25) is 0 Å². The minimum atomic E-state index is -0.106. The molecule has 0 saturated heterocycles. The van der Waals surface area contributed by atoms with Crippen molar-refractivity contribution in [2.75, 3.05) is 0 Å². The molecule has 0 bridgehead atoms. The molecule has 1 nitrogen and oxygen atoms in total. The van der Waals surface area contributed by atoms with Crippen molar-refractivity contribution in [3.8, 4) is 0 Å². The number of rotatable bonds is 1. The van der Waals surface area contributed by atoms with E-state index in [9.17, 15) is 5.11 Å². The number of hydrogen-bond acceptors (Lipinski definition) is 2. The zero-order valence-electron chi connectivity index (χ0n) is 16.4. The third-order valence-electron chi connectivity index (χ3n) is 8.78. The van der Waals surface area contributed by atoms with Gasteiger partial charge in [0.1, 0.15) is 0 Å². The van der Waals surface area contributed by atoms with Crippen molar-refractivity contribution in [2.45, 2.75) is 65.4 Å². The Morgan fingerprint density at radius 3 is 2.69 bits per heavy atom. The quantitative estimate of drug-likeness (QED) is 0.576. The van der Waals surface area contributed by atoms with Gasteiger partial charge in [-0.3, -0.25) is 0 Å². The van der Waals surface area contributed by atoms with Gasteiger partial charge in [-0.2, -0.15) is 0 Å². The topological polar surface area (TPSA) is 20.2 Å². The van der Waals surface area contributed by atoms with Gasteiger partial charge in [-0.25, -0.2) is 0 Å². The van der Waals surface area contributed by atoms with Crippen molar-refractivity contribution in [1.29, 1.82) is 0 Å². The smallest absolute Gasteiger partial charge is 0.0577 e. The second-order valence-electron chi connectivity index (χ2n) is 9.94. The maximum atomic E-state index is 10.2. The number of allylic oxidation sites excluding steroid dienone is 3. The summed E-state index contributed by atoms with van der Waals surface area (Å²) in [5.41, 5.74) is 3.92. The molecule has 26 heavy (non-hydrogen) atoms. The van der Waals surface area contributed by atoms with Crippen LogP contribution in [0.15, 0.2) is 35.2 Å². The van der Waals surface area contributed by atoms with Gasteiger partial charge >= 0.3 is 0 Å². The Kier molecular flexibility index (Phi) is 3.86. The van der Waals surface area contributed by atoms with Crippen molar-refractivity contribution in [2.24, 2.45) is 34.5 Å². The summed E-state index contributed by atoms with van der Waals surface area (Å²) < 4.78 is 0.